The first-order valence-electron chi connectivity index (χ1n) is 6.81. The first kappa shape index (κ1) is 17.8. The maximum absolute atomic E-state index is 11.6. The van der Waals surface area contributed by atoms with Gasteiger partial charge in [0.15, 0.2) is 0 Å². The summed E-state index contributed by atoms with van der Waals surface area (Å²) in [5.41, 5.74) is -0.530. The summed E-state index contributed by atoms with van der Waals surface area (Å²) < 4.78 is 4.82. The van der Waals surface area contributed by atoms with E-state index in [0.29, 0.717) is 0 Å². The third kappa shape index (κ3) is 7.27. The molecule has 0 fully saturated rings. The second-order valence-corrected chi connectivity index (χ2v) is 6.55. The van der Waals surface area contributed by atoms with Crippen LogP contribution >= 0.6 is 11.8 Å². The zero-order valence-corrected chi connectivity index (χ0v) is 13.4. The second kappa shape index (κ2) is 9.68. The van der Waals surface area contributed by atoms with Gasteiger partial charge in [0.05, 0.1) is 7.11 Å². The Morgan fingerprint density at radius 1 is 1.33 bits per heavy atom. The van der Waals surface area contributed by atoms with Crippen molar-refractivity contribution in [1.29, 1.82) is 0 Å². The monoisotopic (exact) mass is 275 g/mol. The fourth-order valence-electron chi connectivity index (χ4n) is 1.66. The topological polar surface area (TPSA) is 38.3 Å². The molecular weight excluding hydrogens is 246 g/mol. The van der Waals surface area contributed by atoms with E-state index in [9.17, 15) is 4.79 Å². The second-order valence-electron chi connectivity index (χ2n) is 5.33. The Kier molecular flexibility index (Phi) is 9.56. The Morgan fingerprint density at radius 2 is 2.00 bits per heavy atom. The molecular formula is C14H29NO2S. The Balaban J connectivity index is 3.66. The molecule has 0 rings (SSSR count). The van der Waals surface area contributed by atoms with E-state index in [2.05, 4.69) is 19.2 Å². The van der Waals surface area contributed by atoms with Crippen LogP contribution in [0.1, 0.15) is 46.5 Å². The molecule has 0 aromatic carbocycles. The van der Waals surface area contributed by atoms with Gasteiger partial charge in [0, 0.05) is 0 Å². The van der Waals surface area contributed by atoms with Gasteiger partial charge in [0.2, 0.25) is 0 Å². The molecule has 0 saturated carbocycles. The van der Waals surface area contributed by atoms with Crippen LogP contribution in [0.2, 0.25) is 0 Å². The lowest BCUT2D eigenvalue weighted by atomic mass is 9.95. The number of hydrogen-bond donors (Lipinski definition) is 1. The van der Waals surface area contributed by atoms with Crippen molar-refractivity contribution in [3.8, 4) is 0 Å². The third-order valence-electron chi connectivity index (χ3n) is 3.24. The van der Waals surface area contributed by atoms with Gasteiger partial charge in [-0.3, -0.25) is 4.79 Å². The molecule has 0 aromatic rings. The first-order valence-corrected chi connectivity index (χ1v) is 7.97. The Labute approximate surface area is 116 Å². The summed E-state index contributed by atoms with van der Waals surface area (Å²) in [7, 11) is 3.26. The van der Waals surface area contributed by atoms with Crippen LogP contribution in [0.15, 0.2) is 0 Å². The van der Waals surface area contributed by atoms with Crippen molar-refractivity contribution in [2.75, 3.05) is 25.7 Å². The Morgan fingerprint density at radius 3 is 2.50 bits per heavy atom. The van der Waals surface area contributed by atoms with E-state index in [-0.39, 0.29) is 5.97 Å². The summed E-state index contributed by atoms with van der Waals surface area (Å²) in [5, 5.41) is 3.06. The van der Waals surface area contributed by atoms with Gasteiger partial charge < -0.3 is 10.1 Å². The lowest BCUT2D eigenvalue weighted by Gasteiger charge is -2.25. The van der Waals surface area contributed by atoms with Gasteiger partial charge in [0.25, 0.3) is 0 Å². The van der Waals surface area contributed by atoms with Crippen LogP contribution in [0.25, 0.3) is 0 Å². The number of methoxy groups -OCH3 is 1. The fraction of sp³-hybridized carbons (Fsp3) is 0.929. The van der Waals surface area contributed by atoms with Crippen LogP contribution in [0.3, 0.4) is 0 Å². The van der Waals surface area contributed by atoms with Crippen molar-refractivity contribution >= 4 is 17.7 Å². The number of carbonyl (C=O) groups is 1. The molecule has 0 aliphatic heterocycles. The molecule has 1 unspecified atom stereocenters. The first-order chi connectivity index (χ1) is 8.46. The number of unbranched alkanes of at least 4 members (excludes halogenated alkanes) is 1. The molecule has 0 spiro atoms. The maximum Gasteiger partial charge on any atom is 0.325 e. The van der Waals surface area contributed by atoms with Crippen LogP contribution in [0.5, 0.6) is 0 Å². The number of carbonyl (C=O) groups excluding carboxylic acids is 1. The normalized spacial score (nSPS) is 14.6. The van der Waals surface area contributed by atoms with E-state index in [1.807, 2.05) is 25.7 Å². The predicted octanol–water partition coefficient (Wildman–Crippen LogP) is 3.09. The van der Waals surface area contributed by atoms with Crippen molar-refractivity contribution in [1.82, 2.24) is 5.32 Å². The van der Waals surface area contributed by atoms with Crippen molar-refractivity contribution in [2.24, 2.45) is 5.92 Å². The summed E-state index contributed by atoms with van der Waals surface area (Å²) in [4.78, 5) is 11.6. The number of rotatable bonds is 10. The molecule has 0 amide bonds. The van der Waals surface area contributed by atoms with Crippen LogP contribution < -0.4 is 5.32 Å². The minimum atomic E-state index is -0.530. The lowest BCUT2D eigenvalue weighted by molar-refractivity contribution is -0.148. The third-order valence-corrected chi connectivity index (χ3v) is 4.34. The molecule has 1 N–H and O–H groups in total. The standard InChI is InChI=1S/C14H29NO2S/c1-12(2)8-11-18-10-7-6-9-14(3,15-4)13(16)17-5/h12,15H,6-11H2,1-5H3. The van der Waals surface area contributed by atoms with Gasteiger partial charge in [0.1, 0.15) is 5.54 Å². The van der Waals surface area contributed by atoms with Crippen molar-refractivity contribution in [3.05, 3.63) is 0 Å². The summed E-state index contributed by atoms with van der Waals surface area (Å²) >= 11 is 2.02. The van der Waals surface area contributed by atoms with E-state index in [1.165, 1.54) is 25.0 Å². The Bertz CT molecular complexity index is 234. The minimum Gasteiger partial charge on any atom is -0.468 e. The SMILES string of the molecule is CNC(C)(CCCCSCCC(C)C)C(=O)OC. The average Bonchev–Trinajstić information content (AvgIpc) is 2.35. The predicted molar refractivity (Wildman–Crippen MR) is 80.1 cm³/mol. The van der Waals surface area contributed by atoms with E-state index in [1.54, 1.807) is 0 Å². The smallest absolute Gasteiger partial charge is 0.325 e. The van der Waals surface area contributed by atoms with Gasteiger partial charge in [-0.15, -0.1) is 0 Å². The van der Waals surface area contributed by atoms with Gasteiger partial charge >= 0.3 is 5.97 Å². The van der Waals surface area contributed by atoms with Crippen LogP contribution in [0.4, 0.5) is 0 Å². The van der Waals surface area contributed by atoms with Crippen LogP contribution in [-0.4, -0.2) is 37.2 Å². The number of ether oxygens (including phenoxy) is 1. The zero-order chi connectivity index (χ0) is 14.0. The quantitative estimate of drug-likeness (QED) is 0.491. The van der Waals surface area contributed by atoms with Crippen molar-refractivity contribution in [3.63, 3.8) is 0 Å². The van der Waals surface area contributed by atoms with Crippen molar-refractivity contribution < 1.29 is 9.53 Å². The highest BCUT2D eigenvalue weighted by Gasteiger charge is 2.31. The molecule has 0 radical (unpaired) electrons. The molecule has 1 atom stereocenters. The van der Waals surface area contributed by atoms with Gasteiger partial charge in [-0.2, -0.15) is 11.8 Å². The highest BCUT2D eigenvalue weighted by Crippen LogP contribution is 2.17. The lowest BCUT2D eigenvalue weighted by Crippen LogP contribution is -2.48. The van der Waals surface area contributed by atoms with E-state index >= 15 is 0 Å². The summed E-state index contributed by atoms with van der Waals surface area (Å²) in [6.07, 6.45) is 4.35. The fourth-order valence-corrected chi connectivity index (χ4v) is 2.91. The molecule has 0 heterocycles. The molecule has 0 aliphatic rings. The average molecular weight is 275 g/mol. The van der Waals surface area contributed by atoms with E-state index in [4.69, 9.17) is 4.74 Å². The maximum atomic E-state index is 11.6. The number of thioether (sulfide) groups is 1. The van der Waals surface area contributed by atoms with Gasteiger partial charge in [-0.25, -0.2) is 0 Å². The zero-order valence-electron chi connectivity index (χ0n) is 12.5. The number of likely N-dealkylation sites (N-methyl/N-ethyl adjacent to an activating group) is 1. The highest BCUT2D eigenvalue weighted by atomic mass is 32.2. The highest BCUT2D eigenvalue weighted by molar-refractivity contribution is 7.99. The largest absolute Gasteiger partial charge is 0.468 e. The number of hydrogen-bond acceptors (Lipinski definition) is 4. The van der Waals surface area contributed by atoms with Crippen molar-refractivity contribution in [2.45, 2.75) is 52.0 Å². The molecule has 4 heteroatoms. The molecule has 0 aliphatic carbocycles. The number of esters is 1. The van der Waals surface area contributed by atoms with E-state index < -0.39 is 5.54 Å². The summed E-state index contributed by atoms with van der Waals surface area (Å²) in [6.45, 7) is 6.43. The van der Waals surface area contributed by atoms with Crippen LogP contribution in [0, 0.1) is 5.92 Å². The molecule has 0 saturated heterocycles. The summed E-state index contributed by atoms with van der Waals surface area (Å²) in [6, 6.07) is 0. The van der Waals surface area contributed by atoms with Gasteiger partial charge in [-0.1, -0.05) is 20.3 Å². The van der Waals surface area contributed by atoms with E-state index in [0.717, 1.165) is 25.2 Å². The molecule has 0 aromatic heterocycles. The Hall–Kier alpha value is -0.220. The summed E-state index contributed by atoms with van der Waals surface area (Å²) in [5.74, 6) is 3.06. The number of nitrogens with one attached hydrogen (secondary N) is 1. The molecule has 3 nitrogen and oxygen atoms in total. The van der Waals surface area contributed by atoms with Crippen LogP contribution in [-0.2, 0) is 9.53 Å². The molecule has 108 valence electrons. The van der Waals surface area contributed by atoms with Gasteiger partial charge in [-0.05, 0) is 50.7 Å². The molecule has 18 heavy (non-hydrogen) atoms. The molecule has 0 bridgehead atoms. The minimum absolute atomic E-state index is 0.169.